The Labute approximate surface area is 504 Å². The molecular weight excluding hydrogens is 1080 g/mol. The number of fused-ring (bicyclic) bond motifs is 6. The quantitative estimate of drug-likeness (QED) is 0.130. The number of aromatic nitrogens is 5. The molecule has 12 heteroatoms. The zero-order valence-corrected chi connectivity index (χ0v) is 46.3. The lowest BCUT2D eigenvalue weighted by molar-refractivity contribution is 1.07. The number of hydrogen-bond acceptors (Lipinski definition) is 7. The molecular formula is C76H38N12. The molecule has 0 amide bonds. The van der Waals surface area contributed by atoms with Gasteiger partial charge in [-0.05, 0) is 119 Å². The highest BCUT2D eigenvalue weighted by Crippen LogP contribution is 2.46. The van der Waals surface area contributed by atoms with Crippen molar-refractivity contribution in [2.24, 2.45) is 0 Å². The van der Waals surface area contributed by atoms with Gasteiger partial charge in [-0.25, -0.2) is 29.5 Å². The molecule has 402 valence electrons. The Bertz CT molecular complexity index is 5460. The molecule has 0 saturated carbocycles. The van der Waals surface area contributed by atoms with Gasteiger partial charge in [-0.1, -0.05) is 133 Å². The van der Waals surface area contributed by atoms with Crippen molar-refractivity contribution in [3.63, 3.8) is 0 Å². The van der Waals surface area contributed by atoms with Crippen LogP contribution in [0.3, 0.4) is 0 Å². The fourth-order valence-electron chi connectivity index (χ4n) is 12.0. The van der Waals surface area contributed by atoms with E-state index in [1.54, 1.807) is 0 Å². The summed E-state index contributed by atoms with van der Waals surface area (Å²) in [5.41, 5.74) is 15.0. The van der Waals surface area contributed by atoms with Gasteiger partial charge in [0.25, 0.3) is 0 Å². The second kappa shape index (κ2) is 21.7. The average molecular weight is 1120 g/mol. The first-order chi connectivity index (χ1) is 43.3. The van der Waals surface area contributed by atoms with E-state index in [-0.39, 0.29) is 33.8 Å². The molecule has 0 N–H and O–H groups in total. The van der Waals surface area contributed by atoms with Crippen LogP contribution in [0.4, 0.5) is 17.1 Å². The molecule has 3 aromatic heterocycles. The standard InChI is InChI=1S/C76H38N12/c1-81-57-36-56(45-80)73(65(41-57)83-3)53-28-32-71-63(39-53)59-19-11-13-21-67(59)88(71)69-33-29-54(76-85-74(49-14-6-4-7-15-49)84-75(86-76)50-16-8-5-9-17-50)40-61(69)51-26-30-68(60(37-51)48-24-22-46(42-77)23-25-48)87-66-20-12-10-18-58(66)62-38-52(27-31-70(62)87)72-55(44-79)34-47(43-78)35-64(72)82-2/h4-41H. The monoisotopic (exact) mass is 1120 g/mol. The van der Waals surface area contributed by atoms with E-state index in [4.69, 9.17) is 34.7 Å². The molecule has 0 atom stereocenters. The average Bonchev–Trinajstić information content (AvgIpc) is 1.78. The van der Waals surface area contributed by atoms with E-state index in [1.165, 1.54) is 24.3 Å². The molecule has 0 saturated heterocycles. The van der Waals surface area contributed by atoms with Crippen molar-refractivity contribution in [2.45, 2.75) is 0 Å². The lowest BCUT2D eigenvalue weighted by Gasteiger charge is -2.19. The van der Waals surface area contributed by atoms with Crippen molar-refractivity contribution >= 4 is 60.7 Å². The fraction of sp³-hybridized carbons (Fsp3) is 0. The Kier molecular flexibility index (Phi) is 12.9. The lowest BCUT2D eigenvalue weighted by atomic mass is 9.94. The first kappa shape index (κ1) is 52.5. The first-order valence-electron chi connectivity index (χ1n) is 27.7. The highest BCUT2D eigenvalue weighted by Gasteiger charge is 2.24. The minimum atomic E-state index is 0.212. The van der Waals surface area contributed by atoms with Crippen LogP contribution in [0.1, 0.15) is 22.3 Å². The smallest absolute Gasteiger partial charge is 0.197 e. The number of para-hydroxylation sites is 2. The molecule has 0 radical (unpaired) electrons. The summed E-state index contributed by atoms with van der Waals surface area (Å²) < 4.78 is 4.46. The summed E-state index contributed by atoms with van der Waals surface area (Å²) in [7, 11) is 0. The first-order valence-corrected chi connectivity index (χ1v) is 27.7. The van der Waals surface area contributed by atoms with Gasteiger partial charge in [-0.2, -0.15) is 21.0 Å². The van der Waals surface area contributed by atoms with E-state index in [2.05, 4.69) is 103 Å². The molecule has 0 bridgehead atoms. The van der Waals surface area contributed by atoms with Gasteiger partial charge in [0.1, 0.15) is 0 Å². The molecule has 0 unspecified atom stereocenters. The highest BCUT2D eigenvalue weighted by atomic mass is 15.0. The van der Waals surface area contributed by atoms with Gasteiger partial charge in [-0.3, -0.25) is 0 Å². The summed E-state index contributed by atoms with van der Waals surface area (Å²) in [5.74, 6) is 1.48. The Morgan fingerprint density at radius 3 is 1.26 bits per heavy atom. The number of hydrogen-bond donors (Lipinski definition) is 0. The van der Waals surface area contributed by atoms with Gasteiger partial charge in [0.2, 0.25) is 0 Å². The van der Waals surface area contributed by atoms with Crippen LogP contribution in [0.15, 0.2) is 231 Å². The molecule has 0 aliphatic carbocycles. The zero-order chi connectivity index (χ0) is 60.0. The number of benzene rings is 11. The second-order valence-electron chi connectivity index (χ2n) is 20.8. The van der Waals surface area contributed by atoms with Crippen molar-refractivity contribution in [2.75, 3.05) is 0 Å². The normalized spacial score (nSPS) is 10.9. The van der Waals surface area contributed by atoms with Gasteiger partial charge in [0.15, 0.2) is 34.5 Å². The van der Waals surface area contributed by atoms with Gasteiger partial charge in [0, 0.05) is 71.6 Å². The summed E-state index contributed by atoms with van der Waals surface area (Å²) in [6.45, 7) is 23.9. The number of nitrogens with zero attached hydrogens (tertiary/aromatic N) is 12. The highest BCUT2D eigenvalue weighted by molar-refractivity contribution is 6.13. The topological polar surface area (TPSA) is 157 Å². The molecule has 0 fully saturated rings. The van der Waals surface area contributed by atoms with Gasteiger partial charge < -0.3 is 9.13 Å². The van der Waals surface area contributed by atoms with Crippen LogP contribution in [0, 0.1) is 65.0 Å². The van der Waals surface area contributed by atoms with Crippen LogP contribution < -0.4 is 0 Å². The SMILES string of the molecule is [C-]#[N+]c1cc(C#N)c(-c2ccc3c(c2)c2ccccc2n3-c2ccc(-c3nc(-c4ccccc4)nc(-c4ccccc4)n3)cc2-c2ccc(-n3c4ccccc4c4cc(-c5c(C#N)cc(C#N)cc5[N+]#[C-])ccc43)c(-c3ccc(C#N)cc3)c2)c([N+]#[C-])c1. The van der Waals surface area contributed by atoms with Gasteiger partial charge >= 0.3 is 0 Å². The predicted molar refractivity (Wildman–Crippen MR) is 344 cm³/mol. The zero-order valence-electron chi connectivity index (χ0n) is 46.3. The van der Waals surface area contributed by atoms with Crippen LogP contribution in [-0.2, 0) is 0 Å². The third kappa shape index (κ3) is 8.85. The molecule has 12 nitrogen and oxygen atoms in total. The molecule has 88 heavy (non-hydrogen) atoms. The Balaban J connectivity index is 1.04. The van der Waals surface area contributed by atoms with Crippen LogP contribution in [0.25, 0.3) is 148 Å². The van der Waals surface area contributed by atoms with Gasteiger partial charge in [-0.15, -0.1) is 0 Å². The van der Waals surface area contributed by atoms with Crippen LogP contribution in [-0.4, -0.2) is 24.1 Å². The summed E-state index contributed by atoms with van der Waals surface area (Å²) in [5, 5.41) is 44.3. The maximum absolute atomic E-state index is 10.4. The third-order valence-corrected chi connectivity index (χ3v) is 16.0. The van der Waals surface area contributed by atoms with Crippen LogP contribution in [0.5, 0.6) is 0 Å². The van der Waals surface area contributed by atoms with E-state index < -0.39 is 0 Å². The van der Waals surface area contributed by atoms with Crippen molar-refractivity contribution in [1.82, 2.24) is 24.1 Å². The van der Waals surface area contributed by atoms with Crippen molar-refractivity contribution in [3.05, 3.63) is 287 Å². The largest absolute Gasteiger partial charge is 0.309 e. The Morgan fingerprint density at radius 2 is 0.750 bits per heavy atom. The summed E-state index contributed by atoms with van der Waals surface area (Å²) in [4.78, 5) is 26.5. The van der Waals surface area contributed by atoms with E-state index in [1.807, 2.05) is 152 Å². The van der Waals surface area contributed by atoms with E-state index in [0.29, 0.717) is 45.3 Å². The summed E-state index contributed by atoms with van der Waals surface area (Å²) >= 11 is 0. The number of rotatable bonds is 9. The minimum absolute atomic E-state index is 0.212. The van der Waals surface area contributed by atoms with Gasteiger partial charge in [0.05, 0.1) is 88.6 Å². The number of nitriles is 4. The molecule has 11 aromatic carbocycles. The maximum atomic E-state index is 10.4. The molecule has 0 aliphatic heterocycles. The second-order valence-corrected chi connectivity index (χ2v) is 20.8. The van der Waals surface area contributed by atoms with Crippen molar-refractivity contribution in [1.29, 1.82) is 21.0 Å². The predicted octanol–water partition coefficient (Wildman–Crippen LogP) is 18.9. The molecule has 14 rings (SSSR count). The maximum Gasteiger partial charge on any atom is 0.197 e. The van der Waals surface area contributed by atoms with E-state index in [9.17, 15) is 21.0 Å². The van der Waals surface area contributed by atoms with E-state index >= 15 is 0 Å². The van der Waals surface area contributed by atoms with Crippen molar-refractivity contribution < 1.29 is 0 Å². The third-order valence-electron chi connectivity index (χ3n) is 16.0. The molecule has 14 aromatic rings. The van der Waals surface area contributed by atoms with Crippen molar-refractivity contribution in [3.8, 4) is 114 Å². The fourth-order valence-corrected chi connectivity index (χ4v) is 12.0. The Morgan fingerprint density at radius 1 is 0.318 bits per heavy atom. The minimum Gasteiger partial charge on any atom is -0.309 e. The summed E-state index contributed by atoms with van der Waals surface area (Å²) in [6.07, 6.45) is 0. The molecule has 0 aliphatic rings. The lowest BCUT2D eigenvalue weighted by Crippen LogP contribution is -2.02. The molecule has 3 heterocycles. The van der Waals surface area contributed by atoms with E-state index in [0.717, 1.165) is 93.9 Å². The molecule has 0 spiro atoms. The van der Waals surface area contributed by atoms with Crippen LogP contribution >= 0.6 is 0 Å². The van der Waals surface area contributed by atoms with Crippen LogP contribution in [0.2, 0.25) is 0 Å². The summed E-state index contributed by atoms with van der Waals surface area (Å²) in [6, 6.07) is 83.1. The Hall–Kier alpha value is -13.5.